The van der Waals surface area contributed by atoms with Gasteiger partial charge in [-0.15, -0.1) is 0 Å². The number of carboxylic acid groups (broad SMARTS) is 1. The van der Waals surface area contributed by atoms with Crippen molar-refractivity contribution in [1.29, 1.82) is 0 Å². The van der Waals surface area contributed by atoms with Gasteiger partial charge >= 0.3 is 10.8 Å². The van der Waals surface area contributed by atoms with E-state index in [-0.39, 0.29) is 16.5 Å². The molecule has 0 aliphatic heterocycles. The molecule has 0 bridgehead atoms. The molecule has 0 saturated carbocycles. The van der Waals surface area contributed by atoms with Crippen LogP contribution in [0.15, 0.2) is 58.0 Å². The number of likely N-dealkylation sites (N-methyl/N-ethyl adjacent to an activating group) is 1. The molecule has 1 unspecified atom stereocenters. The van der Waals surface area contributed by atoms with Crippen molar-refractivity contribution in [1.82, 2.24) is 9.47 Å². The third kappa shape index (κ3) is 4.04. The minimum absolute atomic E-state index is 0.103. The van der Waals surface area contributed by atoms with Crippen molar-refractivity contribution < 1.29 is 9.90 Å². The number of allylic oxidation sites excluding steroid dienone is 2. The van der Waals surface area contributed by atoms with E-state index in [9.17, 15) is 9.59 Å². The highest BCUT2D eigenvalue weighted by molar-refractivity contribution is 7.16. The van der Waals surface area contributed by atoms with Crippen molar-refractivity contribution in [2.45, 2.75) is 6.04 Å². The van der Waals surface area contributed by atoms with Crippen LogP contribution in [-0.4, -0.2) is 46.4 Å². The molecule has 0 fully saturated rings. The number of hydrazone groups is 1. The van der Waals surface area contributed by atoms with Gasteiger partial charge in [0.15, 0.2) is 0 Å². The van der Waals surface area contributed by atoms with E-state index in [1.807, 2.05) is 49.3 Å². The second-order valence-electron chi connectivity index (χ2n) is 5.59. The van der Waals surface area contributed by atoms with Crippen LogP contribution < -0.4 is 10.7 Å². The van der Waals surface area contributed by atoms with Gasteiger partial charge in [0.2, 0.25) is 0 Å². The van der Waals surface area contributed by atoms with Gasteiger partial charge in [-0.1, -0.05) is 35.6 Å². The second kappa shape index (κ2) is 7.91. The number of benzene rings is 1. The average Bonchev–Trinajstić information content (AvgIpc) is 2.89. The van der Waals surface area contributed by atoms with Gasteiger partial charge in [0.25, 0.3) is 0 Å². The van der Waals surface area contributed by atoms with Crippen LogP contribution in [0, 0.1) is 0 Å². The highest BCUT2D eigenvalue weighted by Crippen LogP contribution is 2.15. The van der Waals surface area contributed by atoms with Crippen LogP contribution in [0.4, 0.5) is 0 Å². The van der Waals surface area contributed by atoms with Crippen LogP contribution in [-0.2, 0) is 11.8 Å². The van der Waals surface area contributed by atoms with E-state index in [4.69, 9.17) is 10.9 Å². The van der Waals surface area contributed by atoms with Crippen molar-refractivity contribution in [2.24, 2.45) is 18.0 Å². The number of nitrogens with two attached hydrogens (primary N) is 1. The Morgan fingerprint density at radius 3 is 2.60 bits per heavy atom. The Balaban J connectivity index is 0.000000185. The summed E-state index contributed by atoms with van der Waals surface area (Å²) in [4.78, 5) is 23.9. The predicted octanol–water partition coefficient (Wildman–Crippen LogP) is 1.41. The van der Waals surface area contributed by atoms with E-state index in [1.54, 1.807) is 17.7 Å². The number of nitrogens with zero attached hydrogens (tertiary/aromatic N) is 3. The lowest BCUT2D eigenvalue weighted by molar-refractivity contribution is -0.132. The lowest BCUT2D eigenvalue weighted by Crippen LogP contribution is -2.38. The molecule has 1 aromatic carbocycles. The number of hydrogen-bond acceptors (Lipinski definition) is 6. The minimum Gasteiger partial charge on any atom is -0.478 e. The van der Waals surface area contributed by atoms with Crippen LogP contribution in [0.2, 0.25) is 0 Å². The Morgan fingerprint density at radius 1 is 1.36 bits per heavy atom. The molecular formula is C17H20N4O3S. The number of thiazole rings is 1. The van der Waals surface area contributed by atoms with E-state index >= 15 is 0 Å². The third-order valence-electron chi connectivity index (χ3n) is 3.74. The van der Waals surface area contributed by atoms with Crippen molar-refractivity contribution >= 4 is 33.2 Å². The highest BCUT2D eigenvalue weighted by Gasteiger charge is 2.25. The Morgan fingerprint density at radius 2 is 2.04 bits per heavy atom. The third-order valence-corrected chi connectivity index (χ3v) is 4.75. The summed E-state index contributed by atoms with van der Waals surface area (Å²) >= 11 is 1.29. The fourth-order valence-electron chi connectivity index (χ4n) is 2.42. The first-order valence-corrected chi connectivity index (χ1v) is 8.29. The maximum atomic E-state index is 11.1. The van der Waals surface area contributed by atoms with Crippen molar-refractivity contribution in [3.8, 4) is 0 Å². The Kier molecular flexibility index (Phi) is 5.89. The van der Waals surface area contributed by atoms with Crippen LogP contribution in [0.1, 0.15) is 0 Å². The molecule has 2 aromatic rings. The summed E-state index contributed by atoms with van der Waals surface area (Å²) in [6.07, 6.45) is 5.04. The fraction of sp³-hybridized carbons (Fsp3) is 0.235. The Labute approximate surface area is 149 Å². The monoisotopic (exact) mass is 360 g/mol. The molecule has 8 heteroatoms. The molecule has 3 rings (SSSR count). The first-order valence-electron chi connectivity index (χ1n) is 7.47. The molecule has 0 spiro atoms. The number of carbonyl (C=O) groups is 1. The molecule has 1 atom stereocenters. The number of aliphatic carboxylic acids is 1. The molecule has 25 heavy (non-hydrogen) atoms. The molecule has 0 radical (unpaired) electrons. The smallest absolute Gasteiger partial charge is 0.337 e. The molecule has 7 nitrogen and oxygen atoms in total. The van der Waals surface area contributed by atoms with E-state index < -0.39 is 5.97 Å². The van der Waals surface area contributed by atoms with E-state index in [0.717, 1.165) is 10.2 Å². The molecule has 3 N–H and O–H groups in total. The van der Waals surface area contributed by atoms with Crippen molar-refractivity contribution in [2.75, 3.05) is 14.1 Å². The quantitative estimate of drug-likeness (QED) is 0.623. The number of fused-ring (bicyclic) bond motifs is 1. The number of hydrogen-bond donors (Lipinski definition) is 2. The summed E-state index contributed by atoms with van der Waals surface area (Å²) in [6.45, 7) is 0. The van der Waals surface area contributed by atoms with Crippen LogP contribution in [0.3, 0.4) is 0 Å². The minimum atomic E-state index is -1.01. The number of aryl methyl sites for hydroxylation is 1. The lowest BCUT2D eigenvalue weighted by atomic mass is 9.97. The SMILES string of the molecule is CN(C)C1C=CC=C(C(=O)O)C1=NN.Cn1c(=O)sc2ccccc21. The van der Waals surface area contributed by atoms with E-state index in [0.29, 0.717) is 5.71 Å². The molecule has 1 heterocycles. The van der Waals surface area contributed by atoms with E-state index in [1.165, 1.54) is 17.4 Å². The standard InChI is InChI=1S/C9H13N3O2.C8H7NOS/c1-12(2)7-5-3-4-6(9(13)14)8(7)11-10;1-9-6-4-2-3-5-7(6)11-8(9)10/h3-5,7H,10H2,1-2H3,(H,13,14);2-5H,1H3. The van der Waals surface area contributed by atoms with E-state index in [2.05, 4.69) is 5.10 Å². The summed E-state index contributed by atoms with van der Waals surface area (Å²) in [5, 5.41) is 12.4. The first kappa shape index (κ1) is 18.6. The zero-order valence-corrected chi connectivity index (χ0v) is 15.0. The highest BCUT2D eigenvalue weighted by atomic mass is 32.1. The molecule has 132 valence electrons. The van der Waals surface area contributed by atoms with Gasteiger partial charge in [-0.05, 0) is 32.3 Å². The number of carboxylic acids is 1. The molecule has 1 aliphatic rings. The van der Waals surface area contributed by atoms with Gasteiger partial charge in [0.1, 0.15) is 0 Å². The zero-order chi connectivity index (χ0) is 18.6. The maximum Gasteiger partial charge on any atom is 0.337 e. The van der Waals surface area contributed by atoms with Crippen molar-refractivity contribution in [3.05, 3.63) is 57.7 Å². The van der Waals surface area contributed by atoms with Crippen LogP contribution in [0.5, 0.6) is 0 Å². The molecule has 1 aliphatic carbocycles. The summed E-state index contributed by atoms with van der Waals surface area (Å²) in [7, 11) is 5.47. The number of aromatic nitrogens is 1. The van der Waals surface area contributed by atoms with Crippen LogP contribution >= 0.6 is 11.3 Å². The fourth-order valence-corrected chi connectivity index (χ4v) is 3.30. The average molecular weight is 360 g/mol. The first-order chi connectivity index (χ1) is 11.9. The zero-order valence-electron chi connectivity index (χ0n) is 14.2. The number of para-hydroxylation sites is 1. The lowest BCUT2D eigenvalue weighted by Gasteiger charge is -2.24. The molecule has 0 amide bonds. The largest absolute Gasteiger partial charge is 0.478 e. The summed E-state index contributed by atoms with van der Waals surface area (Å²) in [6, 6.07) is 7.62. The molecule has 1 aromatic heterocycles. The maximum absolute atomic E-state index is 11.1. The second-order valence-corrected chi connectivity index (χ2v) is 6.58. The predicted molar refractivity (Wildman–Crippen MR) is 101 cm³/mol. The van der Waals surface area contributed by atoms with Gasteiger partial charge in [0, 0.05) is 7.05 Å². The molecule has 0 saturated heterocycles. The van der Waals surface area contributed by atoms with Gasteiger partial charge in [-0.25, -0.2) is 4.79 Å². The van der Waals surface area contributed by atoms with Gasteiger partial charge < -0.3 is 15.5 Å². The Hall–Kier alpha value is -2.71. The topological polar surface area (TPSA) is 101 Å². The normalized spacial score (nSPS) is 18.2. The summed E-state index contributed by atoms with van der Waals surface area (Å²) in [5.41, 5.74) is 1.54. The van der Waals surface area contributed by atoms with Crippen molar-refractivity contribution in [3.63, 3.8) is 0 Å². The number of rotatable bonds is 2. The Bertz CT molecular complexity index is 921. The van der Waals surface area contributed by atoms with Gasteiger partial charge in [-0.3, -0.25) is 9.69 Å². The summed E-state index contributed by atoms with van der Waals surface area (Å²) in [5.74, 6) is 4.17. The van der Waals surface area contributed by atoms with Crippen LogP contribution in [0.25, 0.3) is 10.2 Å². The summed E-state index contributed by atoms with van der Waals surface area (Å²) < 4.78 is 2.72. The molecular weight excluding hydrogens is 340 g/mol. The van der Waals surface area contributed by atoms with Gasteiger partial charge in [0.05, 0.1) is 27.5 Å². The van der Waals surface area contributed by atoms with Gasteiger partial charge in [-0.2, -0.15) is 5.10 Å².